The first-order valence-corrected chi connectivity index (χ1v) is 7.44. The second-order valence-electron chi connectivity index (χ2n) is 5.07. The van der Waals surface area contributed by atoms with E-state index in [1.807, 2.05) is 22.6 Å². The fourth-order valence-corrected chi connectivity index (χ4v) is 3.23. The molecule has 2 N–H and O–H groups in total. The lowest BCUT2D eigenvalue weighted by Crippen LogP contribution is -2.35. The van der Waals surface area contributed by atoms with E-state index in [2.05, 4.69) is 5.32 Å². The molecule has 1 fully saturated rings. The van der Waals surface area contributed by atoms with Gasteiger partial charge in [-0.1, -0.05) is 12.8 Å². The molecular weight excluding hydrogens is 375 g/mol. The Morgan fingerprint density at radius 3 is 2.60 bits per heavy atom. The summed E-state index contributed by atoms with van der Waals surface area (Å²) in [5, 5.41) is 23.2. The van der Waals surface area contributed by atoms with E-state index in [0.29, 0.717) is 19.4 Å². The van der Waals surface area contributed by atoms with Crippen molar-refractivity contribution in [2.75, 3.05) is 11.9 Å². The Balaban J connectivity index is 2.10. The molecule has 0 atom stereocenters. The number of benzene rings is 1. The van der Waals surface area contributed by atoms with Crippen molar-refractivity contribution in [2.45, 2.75) is 25.7 Å². The molecule has 0 aliphatic heterocycles. The molecule has 1 aromatic carbocycles. The first-order chi connectivity index (χ1) is 9.44. The number of halogens is 1. The Kier molecular flexibility index (Phi) is 4.46. The summed E-state index contributed by atoms with van der Waals surface area (Å²) in [6.45, 7) is 0.357. The van der Waals surface area contributed by atoms with Gasteiger partial charge >= 0.3 is 5.97 Å². The number of hydrogen-bond donors (Lipinski definition) is 2. The van der Waals surface area contributed by atoms with Gasteiger partial charge < -0.3 is 10.4 Å². The molecule has 0 saturated heterocycles. The highest BCUT2D eigenvalue weighted by molar-refractivity contribution is 14.1. The smallest absolute Gasteiger partial charge is 0.311 e. The van der Waals surface area contributed by atoms with Gasteiger partial charge in [-0.05, 0) is 41.5 Å². The number of carbonyl (C=O) groups is 1. The van der Waals surface area contributed by atoms with Gasteiger partial charge in [0.05, 0.1) is 10.3 Å². The predicted molar refractivity (Wildman–Crippen MR) is 82.8 cm³/mol. The maximum atomic E-state index is 11.4. The minimum absolute atomic E-state index is 0.0359. The van der Waals surface area contributed by atoms with Crippen LogP contribution in [0.1, 0.15) is 25.7 Å². The minimum atomic E-state index is -0.764. The second-order valence-corrected chi connectivity index (χ2v) is 6.23. The van der Waals surface area contributed by atoms with Gasteiger partial charge in [-0.2, -0.15) is 0 Å². The number of rotatable bonds is 5. The molecule has 20 heavy (non-hydrogen) atoms. The molecule has 1 aliphatic carbocycles. The third-order valence-electron chi connectivity index (χ3n) is 3.80. The number of carboxylic acid groups (broad SMARTS) is 1. The number of carboxylic acids is 1. The van der Waals surface area contributed by atoms with Gasteiger partial charge in [-0.15, -0.1) is 0 Å². The summed E-state index contributed by atoms with van der Waals surface area (Å²) in [7, 11) is 0. The van der Waals surface area contributed by atoms with E-state index in [4.69, 9.17) is 0 Å². The Labute approximate surface area is 129 Å². The zero-order chi connectivity index (χ0) is 14.8. The molecular formula is C13H15IN2O4. The summed E-state index contributed by atoms with van der Waals surface area (Å²) in [6, 6.07) is 4.53. The number of aliphatic carboxylic acids is 1. The number of nitro groups is 1. The van der Waals surface area contributed by atoms with Crippen LogP contribution >= 0.6 is 22.6 Å². The summed E-state index contributed by atoms with van der Waals surface area (Å²) in [5.74, 6) is -0.764. The van der Waals surface area contributed by atoms with Crippen LogP contribution in [0.4, 0.5) is 11.4 Å². The molecule has 0 radical (unpaired) electrons. The SMILES string of the molecule is O=C(O)C1(CNc2ccc([N+](=O)[O-])cc2I)CCCC1. The van der Waals surface area contributed by atoms with Gasteiger partial charge in [-0.3, -0.25) is 14.9 Å². The molecule has 1 aliphatic rings. The van der Waals surface area contributed by atoms with E-state index in [0.717, 1.165) is 22.1 Å². The lowest BCUT2D eigenvalue weighted by molar-refractivity contribution is -0.384. The van der Waals surface area contributed by atoms with Crippen molar-refractivity contribution >= 4 is 39.9 Å². The summed E-state index contributed by atoms with van der Waals surface area (Å²) < 4.78 is 0.718. The van der Waals surface area contributed by atoms with Crippen molar-refractivity contribution in [3.63, 3.8) is 0 Å². The highest BCUT2D eigenvalue weighted by atomic mass is 127. The topological polar surface area (TPSA) is 92.5 Å². The van der Waals surface area contributed by atoms with Crippen molar-refractivity contribution in [3.05, 3.63) is 31.9 Å². The zero-order valence-electron chi connectivity index (χ0n) is 10.8. The van der Waals surface area contributed by atoms with Crippen LogP contribution < -0.4 is 5.32 Å². The number of nitrogens with zero attached hydrogens (tertiary/aromatic N) is 1. The Bertz CT molecular complexity index is 541. The van der Waals surface area contributed by atoms with Crippen LogP contribution in [-0.4, -0.2) is 22.5 Å². The first kappa shape index (κ1) is 15.0. The highest BCUT2D eigenvalue weighted by Crippen LogP contribution is 2.39. The standard InChI is InChI=1S/C13H15IN2O4/c14-10-7-9(16(19)20)3-4-11(10)15-8-13(12(17)18)5-1-2-6-13/h3-4,7,15H,1-2,5-6,8H2,(H,17,18). The third-order valence-corrected chi connectivity index (χ3v) is 4.69. The average molecular weight is 390 g/mol. The zero-order valence-corrected chi connectivity index (χ0v) is 12.9. The van der Waals surface area contributed by atoms with Crippen molar-refractivity contribution in [1.29, 1.82) is 0 Å². The Morgan fingerprint density at radius 2 is 2.10 bits per heavy atom. The van der Waals surface area contributed by atoms with Crippen LogP contribution in [0.25, 0.3) is 0 Å². The summed E-state index contributed by atoms with van der Waals surface area (Å²) in [6.07, 6.45) is 3.23. The van der Waals surface area contributed by atoms with Crippen molar-refractivity contribution < 1.29 is 14.8 Å². The van der Waals surface area contributed by atoms with Gasteiger partial charge in [0.1, 0.15) is 0 Å². The summed E-state index contributed by atoms with van der Waals surface area (Å²) in [4.78, 5) is 21.7. The molecule has 0 amide bonds. The average Bonchev–Trinajstić information content (AvgIpc) is 2.87. The van der Waals surface area contributed by atoms with E-state index >= 15 is 0 Å². The number of anilines is 1. The van der Waals surface area contributed by atoms with Crippen LogP contribution in [0.2, 0.25) is 0 Å². The van der Waals surface area contributed by atoms with E-state index in [-0.39, 0.29) is 5.69 Å². The maximum absolute atomic E-state index is 11.4. The molecule has 6 nitrogen and oxygen atoms in total. The van der Waals surface area contributed by atoms with Crippen LogP contribution in [0.15, 0.2) is 18.2 Å². The Hall–Kier alpha value is -1.38. The van der Waals surface area contributed by atoms with Gasteiger partial charge in [0.15, 0.2) is 0 Å². The first-order valence-electron chi connectivity index (χ1n) is 6.36. The molecule has 1 aromatic rings. The predicted octanol–water partition coefficient (Wildman–Crippen LogP) is 3.26. The van der Waals surface area contributed by atoms with E-state index in [1.54, 1.807) is 6.07 Å². The summed E-state index contributed by atoms with van der Waals surface area (Å²) in [5.41, 5.74) is 0.0719. The van der Waals surface area contributed by atoms with Crippen LogP contribution in [0.5, 0.6) is 0 Å². The number of non-ortho nitro benzene ring substituents is 1. The monoisotopic (exact) mass is 390 g/mol. The molecule has 0 bridgehead atoms. The largest absolute Gasteiger partial charge is 0.481 e. The molecule has 0 unspecified atom stereocenters. The molecule has 0 spiro atoms. The van der Waals surface area contributed by atoms with Crippen LogP contribution in [0.3, 0.4) is 0 Å². The van der Waals surface area contributed by atoms with Gasteiger partial charge in [0.2, 0.25) is 0 Å². The lowest BCUT2D eigenvalue weighted by atomic mass is 9.86. The second kappa shape index (κ2) is 5.94. The van der Waals surface area contributed by atoms with E-state index in [1.165, 1.54) is 12.1 Å². The molecule has 0 aromatic heterocycles. The highest BCUT2D eigenvalue weighted by Gasteiger charge is 2.41. The van der Waals surface area contributed by atoms with Crippen LogP contribution in [-0.2, 0) is 4.79 Å². The molecule has 1 saturated carbocycles. The fraction of sp³-hybridized carbons (Fsp3) is 0.462. The third kappa shape index (κ3) is 3.02. The summed E-state index contributed by atoms with van der Waals surface area (Å²) >= 11 is 2.01. The van der Waals surface area contributed by atoms with Gasteiger partial charge in [-0.25, -0.2) is 0 Å². The van der Waals surface area contributed by atoms with Gasteiger partial charge in [0.25, 0.3) is 5.69 Å². The molecule has 2 rings (SSSR count). The van der Waals surface area contributed by atoms with Crippen molar-refractivity contribution in [3.8, 4) is 0 Å². The normalized spacial score (nSPS) is 16.9. The molecule has 7 heteroatoms. The van der Waals surface area contributed by atoms with Crippen LogP contribution in [0, 0.1) is 19.1 Å². The Morgan fingerprint density at radius 1 is 1.45 bits per heavy atom. The number of nitrogens with one attached hydrogen (secondary N) is 1. The lowest BCUT2D eigenvalue weighted by Gasteiger charge is -2.24. The minimum Gasteiger partial charge on any atom is -0.481 e. The molecule has 0 heterocycles. The maximum Gasteiger partial charge on any atom is 0.311 e. The van der Waals surface area contributed by atoms with E-state index < -0.39 is 16.3 Å². The fourth-order valence-electron chi connectivity index (χ4n) is 2.54. The number of nitro benzene ring substituents is 1. The quantitative estimate of drug-likeness (QED) is 0.458. The van der Waals surface area contributed by atoms with Gasteiger partial charge in [0, 0.05) is 27.9 Å². The molecule has 108 valence electrons. The van der Waals surface area contributed by atoms with Crippen molar-refractivity contribution in [2.24, 2.45) is 5.41 Å². The van der Waals surface area contributed by atoms with Crippen molar-refractivity contribution in [1.82, 2.24) is 0 Å². The van der Waals surface area contributed by atoms with E-state index in [9.17, 15) is 20.0 Å². The number of hydrogen-bond acceptors (Lipinski definition) is 4.